The average molecular weight is 452 g/mol. The fraction of sp³-hybridized carbons (Fsp3) is 0.478. The van der Waals surface area contributed by atoms with Gasteiger partial charge in [-0.15, -0.1) is 0 Å². The van der Waals surface area contributed by atoms with E-state index in [0.29, 0.717) is 38.0 Å². The molecule has 0 bridgehead atoms. The molecule has 1 aliphatic rings. The van der Waals surface area contributed by atoms with E-state index in [1.165, 1.54) is 22.3 Å². The molecule has 5 nitrogen and oxygen atoms in total. The number of hydrogen-bond donors (Lipinski definition) is 2. The normalized spacial score (nSPS) is 16.6. The van der Waals surface area contributed by atoms with Crippen LogP contribution in [0.5, 0.6) is 0 Å². The van der Waals surface area contributed by atoms with Crippen LogP contribution in [0.25, 0.3) is 0 Å². The van der Waals surface area contributed by atoms with Gasteiger partial charge in [0, 0.05) is 48.7 Å². The van der Waals surface area contributed by atoms with Gasteiger partial charge in [0.15, 0.2) is 0 Å². The molecule has 0 spiro atoms. The van der Waals surface area contributed by atoms with Crippen molar-refractivity contribution in [2.45, 2.75) is 19.0 Å². The van der Waals surface area contributed by atoms with Crippen molar-refractivity contribution in [2.75, 3.05) is 53.1 Å². The molecule has 1 unspecified atom stereocenters. The second kappa shape index (κ2) is 12.0. The smallest absolute Gasteiger partial charge is 0.0701 e. The van der Waals surface area contributed by atoms with Crippen LogP contribution in [0.15, 0.2) is 36.4 Å². The maximum Gasteiger partial charge on any atom is 0.0701 e. The largest absolute Gasteiger partial charge is 0.378 e. The third kappa shape index (κ3) is 6.66. The number of nitrogens with zero attached hydrogens (tertiary/aromatic N) is 1. The molecule has 0 radical (unpaired) electrons. The van der Waals surface area contributed by atoms with Gasteiger partial charge in [-0.05, 0) is 41.4 Å². The van der Waals surface area contributed by atoms with Crippen LogP contribution in [0.4, 0.5) is 0 Å². The van der Waals surface area contributed by atoms with Gasteiger partial charge in [-0.2, -0.15) is 0 Å². The zero-order chi connectivity index (χ0) is 21.3. The lowest BCUT2D eigenvalue weighted by molar-refractivity contribution is 0.0518. The van der Waals surface area contributed by atoms with Crippen LogP contribution in [0.2, 0.25) is 10.0 Å². The van der Waals surface area contributed by atoms with Crippen molar-refractivity contribution in [2.24, 2.45) is 5.73 Å². The molecule has 3 rings (SSSR count). The van der Waals surface area contributed by atoms with E-state index in [1.807, 2.05) is 6.07 Å². The van der Waals surface area contributed by atoms with E-state index in [2.05, 4.69) is 47.6 Å². The second-order valence-electron chi connectivity index (χ2n) is 7.64. The molecule has 3 N–H and O–H groups in total. The Kier molecular flexibility index (Phi) is 9.40. The number of nitrogens with two attached hydrogens (primary N) is 1. The zero-order valence-corrected chi connectivity index (χ0v) is 19.0. The van der Waals surface area contributed by atoms with Crippen LogP contribution in [0.1, 0.15) is 28.2 Å². The first-order chi connectivity index (χ1) is 14.6. The van der Waals surface area contributed by atoms with Crippen LogP contribution in [0.3, 0.4) is 0 Å². The number of fused-ring (bicyclic) bond motifs is 1. The molecular formula is C23H31Cl2N3O2. The third-order valence-corrected chi connectivity index (χ3v) is 5.82. The van der Waals surface area contributed by atoms with Crippen LogP contribution < -0.4 is 11.1 Å². The lowest BCUT2D eigenvalue weighted by atomic mass is 9.84. The van der Waals surface area contributed by atoms with Crippen molar-refractivity contribution in [1.29, 1.82) is 0 Å². The molecule has 164 valence electrons. The van der Waals surface area contributed by atoms with Crippen LogP contribution in [-0.2, 0) is 22.6 Å². The van der Waals surface area contributed by atoms with Gasteiger partial charge in [0.05, 0.1) is 26.4 Å². The fourth-order valence-corrected chi connectivity index (χ4v) is 4.35. The number of rotatable bonds is 11. The van der Waals surface area contributed by atoms with E-state index in [0.717, 1.165) is 31.2 Å². The first-order valence-corrected chi connectivity index (χ1v) is 11.2. The van der Waals surface area contributed by atoms with Gasteiger partial charge in [-0.3, -0.25) is 0 Å². The molecule has 30 heavy (non-hydrogen) atoms. The number of halogens is 2. The summed E-state index contributed by atoms with van der Waals surface area (Å²) in [5, 5.41) is 4.86. The van der Waals surface area contributed by atoms with Crippen LogP contribution in [0, 0.1) is 0 Å². The Morgan fingerprint density at radius 3 is 2.53 bits per heavy atom. The quantitative estimate of drug-likeness (QED) is 0.510. The van der Waals surface area contributed by atoms with Crippen molar-refractivity contribution < 1.29 is 9.47 Å². The lowest BCUT2D eigenvalue weighted by Gasteiger charge is -2.33. The Hall–Kier alpha value is -1.18. The minimum atomic E-state index is 0.270. The first kappa shape index (κ1) is 23.5. The molecule has 1 aliphatic heterocycles. The molecule has 0 amide bonds. The summed E-state index contributed by atoms with van der Waals surface area (Å²) >= 11 is 12.8. The highest BCUT2D eigenvalue weighted by Gasteiger charge is 2.26. The summed E-state index contributed by atoms with van der Waals surface area (Å²) in [6, 6.07) is 12.7. The molecule has 0 saturated heterocycles. The highest BCUT2D eigenvalue weighted by atomic mass is 35.5. The molecule has 7 heteroatoms. The number of likely N-dealkylation sites (N-methyl/N-ethyl adjacent to an activating group) is 1. The Bertz CT molecular complexity index is 802. The van der Waals surface area contributed by atoms with Gasteiger partial charge in [-0.1, -0.05) is 47.5 Å². The van der Waals surface area contributed by atoms with Crippen molar-refractivity contribution in [3.8, 4) is 0 Å². The Balaban J connectivity index is 1.50. The molecule has 2 aromatic rings. The van der Waals surface area contributed by atoms with Gasteiger partial charge in [0.1, 0.15) is 0 Å². The van der Waals surface area contributed by atoms with Gasteiger partial charge in [0.2, 0.25) is 0 Å². The standard InChI is InChI=1S/C23H31Cl2N3O2/c1-28-15-21(20-12-19(24)13-23(25)22(20)16-28)18-4-2-17(3-5-18)14-27-7-9-30-11-10-29-8-6-26/h2-5,12-13,21,27H,6-11,14-16,26H2,1H3. The summed E-state index contributed by atoms with van der Waals surface area (Å²) in [6.07, 6.45) is 0. The van der Waals surface area contributed by atoms with Crippen molar-refractivity contribution >= 4 is 23.2 Å². The van der Waals surface area contributed by atoms with Gasteiger partial charge in [-0.25, -0.2) is 0 Å². The van der Waals surface area contributed by atoms with Gasteiger partial charge >= 0.3 is 0 Å². The number of hydrogen-bond acceptors (Lipinski definition) is 5. The highest BCUT2D eigenvalue weighted by molar-refractivity contribution is 6.35. The average Bonchev–Trinajstić information content (AvgIpc) is 2.73. The number of nitrogens with one attached hydrogen (secondary N) is 1. The number of benzene rings is 2. The lowest BCUT2D eigenvalue weighted by Crippen LogP contribution is -2.31. The monoisotopic (exact) mass is 451 g/mol. The highest BCUT2D eigenvalue weighted by Crippen LogP contribution is 2.38. The van der Waals surface area contributed by atoms with E-state index in [1.54, 1.807) is 0 Å². The molecule has 1 heterocycles. The Morgan fingerprint density at radius 2 is 1.80 bits per heavy atom. The van der Waals surface area contributed by atoms with E-state index >= 15 is 0 Å². The van der Waals surface area contributed by atoms with Crippen molar-refractivity contribution in [3.63, 3.8) is 0 Å². The number of ether oxygens (including phenoxy) is 2. The summed E-state index contributed by atoms with van der Waals surface area (Å²) in [5.74, 6) is 0.270. The van der Waals surface area contributed by atoms with Crippen LogP contribution in [-0.4, -0.2) is 58.0 Å². The summed E-state index contributed by atoms with van der Waals surface area (Å²) < 4.78 is 10.8. The topological polar surface area (TPSA) is 59.8 Å². The molecule has 0 saturated carbocycles. The van der Waals surface area contributed by atoms with E-state index in [9.17, 15) is 0 Å². The summed E-state index contributed by atoms with van der Waals surface area (Å²) in [4.78, 5) is 2.31. The molecular weight excluding hydrogens is 421 g/mol. The predicted octanol–water partition coefficient (Wildman–Crippen LogP) is 3.65. The van der Waals surface area contributed by atoms with E-state index in [-0.39, 0.29) is 5.92 Å². The zero-order valence-electron chi connectivity index (χ0n) is 17.5. The van der Waals surface area contributed by atoms with E-state index < -0.39 is 0 Å². The van der Waals surface area contributed by atoms with Crippen molar-refractivity contribution in [1.82, 2.24) is 10.2 Å². The van der Waals surface area contributed by atoms with Crippen LogP contribution >= 0.6 is 23.2 Å². The second-order valence-corrected chi connectivity index (χ2v) is 8.48. The van der Waals surface area contributed by atoms with Crippen molar-refractivity contribution in [3.05, 3.63) is 68.7 Å². The Morgan fingerprint density at radius 1 is 1.07 bits per heavy atom. The summed E-state index contributed by atoms with van der Waals surface area (Å²) in [6.45, 7) is 6.40. The maximum absolute atomic E-state index is 6.47. The molecule has 2 aromatic carbocycles. The molecule has 0 fully saturated rings. The fourth-order valence-electron chi connectivity index (χ4n) is 3.78. The minimum Gasteiger partial charge on any atom is -0.378 e. The van der Waals surface area contributed by atoms with Gasteiger partial charge < -0.3 is 25.4 Å². The minimum absolute atomic E-state index is 0.270. The van der Waals surface area contributed by atoms with E-state index in [4.69, 9.17) is 38.4 Å². The first-order valence-electron chi connectivity index (χ1n) is 10.4. The Labute approximate surface area is 189 Å². The SMILES string of the molecule is CN1Cc2c(Cl)cc(Cl)cc2C(c2ccc(CNCCOCCOCCN)cc2)C1. The van der Waals surface area contributed by atoms with Gasteiger partial charge in [0.25, 0.3) is 0 Å². The summed E-state index contributed by atoms with van der Waals surface area (Å²) in [5.41, 5.74) is 10.3. The maximum atomic E-state index is 6.47. The molecule has 0 aromatic heterocycles. The summed E-state index contributed by atoms with van der Waals surface area (Å²) in [7, 11) is 2.13. The molecule has 1 atom stereocenters. The predicted molar refractivity (Wildman–Crippen MR) is 123 cm³/mol. The third-order valence-electron chi connectivity index (χ3n) is 5.26. The molecule has 0 aliphatic carbocycles.